The highest BCUT2D eigenvalue weighted by Crippen LogP contribution is 2.21. The van der Waals surface area contributed by atoms with E-state index in [1.807, 2.05) is 4.57 Å². The molecule has 1 N–H and O–H groups in total. The van der Waals surface area contributed by atoms with Gasteiger partial charge in [-0.1, -0.05) is 30.3 Å². The minimum Gasteiger partial charge on any atom is -0.357 e. The fraction of sp³-hybridized carbons (Fsp3) is 0.571. The smallest absolute Gasteiger partial charge is 0.193 e. The molecule has 6 nitrogen and oxygen atoms in total. The number of piperidine rings is 1. The molecule has 0 spiro atoms. The Morgan fingerprint density at radius 2 is 1.85 bits per heavy atom. The van der Waals surface area contributed by atoms with Crippen molar-refractivity contribution in [3.05, 3.63) is 48.5 Å². The first-order valence-corrected chi connectivity index (χ1v) is 10.2. The van der Waals surface area contributed by atoms with E-state index in [2.05, 4.69) is 57.7 Å². The van der Waals surface area contributed by atoms with Crippen LogP contribution in [0.1, 0.15) is 38.2 Å². The van der Waals surface area contributed by atoms with E-state index in [4.69, 9.17) is 4.99 Å². The number of benzene rings is 1. The Morgan fingerprint density at radius 1 is 1.11 bits per heavy atom. The van der Waals surface area contributed by atoms with E-state index in [1.165, 1.54) is 24.8 Å². The molecule has 0 radical (unpaired) electrons. The van der Waals surface area contributed by atoms with Crippen molar-refractivity contribution >= 4 is 5.96 Å². The van der Waals surface area contributed by atoms with Gasteiger partial charge in [0.15, 0.2) is 5.96 Å². The van der Waals surface area contributed by atoms with E-state index >= 15 is 0 Å². The molecule has 2 heterocycles. The molecule has 0 aliphatic carbocycles. The van der Waals surface area contributed by atoms with E-state index in [9.17, 15) is 0 Å². The molecule has 27 heavy (non-hydrogen) atoms. The second-order valence-corrected chi connectivity index (χ2v) is 7.26. The van der Waals surface area contributed by atoms with Gasteiger partial charge in [0.1, 0.15) is 12.7 Å². The molecular weight excluding hydrogens is 336 g/mol. The monoisotopic (exact) mass is 368 g/mol. The summed E-state index contributed by atoms with van der Waals surface area (Å²) in [6.07, 6.45) is 9.41. The topological polar surface area (TPSA) is 58.3 Å². The summed E-state index contributed by atoms with van der Waals surface area (Å²) in [5.74, 6) is 1.87. The summed E-state index contributed by atoms with van der Waals surface area (Å²) in [6, 6.07) is 10.9. The Bertz CT molecular complexity index is 659. The highest BCUT2D eigenvalue weighted by atomic mass is 15.3. The van der Waals surface area contributed by atoms with Crippen molar-refractivity contribution in [1.29, 1.82) is 0 Å². The fourth-order valence-corrected chi connectivity index (χ4v) is 3.65. The highest BCUT2D eigenvalue weighted by Gasteiger charge is 2.21. The number of aliphatic imine (C=N–C) groups is 1. The summed E-state index contributed by atoms with van der Waals surface area (Å²) < 4.78 is 2.02. The molecule has 3 rings (SSSR count). The van der Waals surface area contributed by atoms with E-state index in [-0.39, 0.29) is 0 Å². The number of hydrogen-bond donors (Lipinski definition) is 1. The Hall–Kier alpha value is -2.37. The maximum Gasteiger partial charge on any atom is 0.193 e. The lowest BCUT2D eigenvalue weighted by Gasteiger charge is -2.34. The lowest BCUT2D eigenvalue weighted by atomic mass is 9.90. The Morgan fingerprint density at radius 3 is 2.56 bits per heavy atom. The van der Waals surface area contributed by atoms with Crippen LogP contribution in [0.3, 0.4) is 0 Å². The zero-order chi connectivity index (χ0) is 18.7. The van der Waals surface area contributed by atoms with Crippen molar-refractivity contribution in [3.8, 4) is 0 Å². The van der Waals surface area contributed by atoms with Gasteiger partial charge in [0.25, 0.3) is 0 Å². The van der Waals surface area contributed by atoms with E-state index < -0.39 is 0 Å². The van der Waals surface area contributed by atoms with Gasteiger partial charge in [-0.25, -0.2) is 0 Å². The number of nitrogens with one attached hydrogen (secondary N) is 1. The predicted octanol–water partition coefficient (Wildman–Crippen LogP) is 2.98. The first-order chi connectivity index (χ1) is 13.3. The van der Waals surface area contributed by atoms with Gasteiger partial charge in [0.2, 0.25) is 0 Å². The van der Waals surface area contributed by atoms with Crippen LogP contribution in [0.5, 0.6) is 0 Å². The number of unbranched alkanes of at least 4 members (excludes halogenated alkanes) is 1. The molecule has 1 aliphatic heterocycles. The van der Waals surface area contributed by atoms with Crippen LogP contribution in [0.15, 0.2) is 48.0 Å². The number of likely N-dealkylation sites (tertiary alicyclic amines) is 1. The molecule has 2 aromatic rings. The van der Waals surface area contributed by atoms with Crippen LogP contribution >= 0.6 is 0 Å². The average molecular weight is 369 g/mol. The first-order valence-electron chi connectivity index (χ1n) is 10.2. The number of aryl methyl sites for hydroxylation is 1. The molecule has 146 valence electrons. The number of nitrogens with zero attached hydrogens (tertiary/aromatic N) is 5. The summed E-state index contributed by atoms with van der Waals surface area (Å²) in [7, 11) is 0. The van der Waals surface area contributed by atoms with Crippen molar-refractivity contribution < 1.29 is 0 Å². The Kier molecular flexibility index (Phi) is 7.69. The van der Waals surface area contributed by atoms with Crippen LogP contribution in [0.2, 0.25) is 0 Å². The zero-order valence-electron chi connectivity index (χ0n) is 16.4. The molecule has 1 aliphatic rings. The van der Waals surface area contributed by atoms with Gasteiger partial charge in [0, 0.05) is 32.7 Å². The van der Waals surface area contributed by atoms with Gasteiger partial charge < -0.3 is 14.8 Å². The minimum atomic E-state index is 0.787. The van der Waals surface area contributed by atoms with Crippen LogP contribution in [0.4, 0.5) is 0 Å². The van der Waals surface area contributed by atoms with E-state index in [0.717, 1.165) is 57.4 Å². The molecule has 1 saturated heterocycles. The summed E-state index contributed by atoms with van der Waals surface area (Å²) in [6.45, 7) is 7.10. The number of rotatable bonds is 8. The molecule has 0 amide bonds. The van der Waals surface area contributed by atoms with E-state index in [1.54, 1.807) is 12.7 Å². The first kappa shape index (κ1) is 19.4. The molecule has 6 heteroatoms. The number of hydrogen-bond acceptors (Lipinski definition) is 3. The Balaban J connectivity index is 1.41. The highest BCUT2D eigenvalue weighted by molar-refractivity contribution is 5.80. The summed E-state index contributed by atoms with van der Waals surface area (Å²) in [5.41, 5.74) is 1.46. The van der Waals surface area contributed by atoms with Gasteiger partial charge in [-0.3, -0.25) is 4.99 Å². The zero-order valence-corrected chi connectivity index (χ0v) is 16.4. The molecular formula is C21H32N6. The molecule has 0 saturated carbocycles. The third kappa shape index (κ3) is 6.38. The normalized spacial score (nSPS) is 15.9. The van der Waals surface area contributed by atoms with Crippen LogP contribution < -0.4 is 5.32 Å². The van der Waals surface area contributed by atoms with Crippen molar-refractivity contribution in [3.63, 3.8) is 0 Å². The molecule has 0 bridgehead atoms. The van der Waals surface area contributed by atoms with Gasteiger partial charge in [0.05, 0.1) is 0 Å². The third-order valence-electron chi connectivity index (χ3n) is 5.17. The van der Waals surface area contributed by atoms with Gasteiger partial charge >= 0.3 is 0 Å². The van der Waals surface area contributed by atoms with Gasteiger partial charge in [-0.2, -0.15) is 0 Å². The average Bonchev–Trinajstić information content (AvgIpc) is 3.22. The maximum absolute atomic E-state index is 4.86. The maximum atomic E-state index is 4.86. The molecule has 1 aromatic heterocycles. The van der Waals surface area contributed by atoms with Crippen molar-refractivity contribution in [2.24, 2.45) is 10.9 Å². The number of guanidine groups is 1. The van der Waals surface area contributed by atoms with Crippen LogP contribution in [-0.4, -0.2) is 51.8 Å². The van der Waals surface area contributed by atoms with Crippen LogP contribution in [-0.2, 0) is 13.0 Å². The van der Waals surface area contributed by atoms with Gasteiger partial charge in [-0.15, -0.1) is 10.2 Å². The van der Waals surface area contributed by atoms with Crippen LogP contribution in [0.25, 0.3) is 0 Å². The van der Waals surface area contributed by atoms with Crippen molar-refractivity contribution in [2.75, 3.05) is 26.2 Å². The molecule has 0 atom stereocenters. The lowest BCUT2D eigenvalue weighted by Crippen LogP contribution is -2.46. The summed E-state index contributed by atoms with van der Waals surface area (Å²) in [4.78, 5) is 7.29. The molecule has 1 aromatic carbocycles. The fourth-order valence-electron chi connectivity index (χ4n) is 3.65. The third-order valence-corrected chi connectivity index (χ3v) is 5.17. The largest absolute Gasteiger partial charge is 0.357 e. The summed E-state index contributed by atoms with van der Waals surface area (Å²) in [5, 5.41) is 11.1. The summed E-state index contributed by atoms with van der Waals surface area (Å²) >= 11 is 0. The quantitative estimate of drug-likeness (QED) is 0.442. The van der Waals surface area contributed by atoms with Gasteiger partial charge in [-0.05, 0) is 50.5 Å². The molecule has 0 unspecified atom stereocenters. The second-order valence-electron chi connectivity index (χ2n) is 7.26. The SMILES string of the molecule is CCNC(=NCCCCn1cnnc1)N1CCC(Cc2ccccc2)CC1. The Labute approximate surface area is 162 Å². The van der Waals surface area contributed by atoms with E-state index in [0.29, 0.717) is 0 Å². The second kappa shape index (κ2) is 10.7. The molecule has 1 fully saturated rings. The lowest BCUT2D eigenvalue weighted by molar-refractivity contribution is 0.259. The van der Waals surface area contributed by atoms with Crippen LogP contribution in [0, 0.1) is 5.92 Å². The standard InChI is InChI=1S/C21H32N6/c1-2-22-21(23-12-6-7-13-26-17-24-25-18-26)27-14-10-20(11-15-27)16-19-8-4-3-5-9-19/h3-5,8-9,17-18,20H,2,6-7,10-16H2,1H3,(H,22,23). The van der Waals surface area contributed by atoms with Crippen molar-refractivity contribution in [1.82, 2.24) is 25.0 Å². The predicted molar refractivity (Wildman–Crippen MR) is 110 cm³/mol. The van der Waals surface area contributed by atoms with Crippen molar-refractivity contribution in [2.45, 2.75) is 45.6 Å². The number of aromatic nitrogens is 3. The minimum absolute atomic E-state index is 0.787.